The van der Waals surface area contributed by atoms with Crippen LogP contribution in [-0.2, 0) is 5.41 Å². The fourth-order valence-corrected chi connectivity index (χ4v) is 1.94. The van der Waals surface area contributed by atoms with Crippen LogP contribution in [0.3, 0.4) is 0 Å². The van der Waals surface area contributed by atoms with E-state index in [-0.39, 0.29) is 5.41 Å². The van der Waals surface area contributed by atoms with Gasteiger partial charge in [0.25, 0.3) is 0 Å². The molecule has 0 saturated heterocycles. The van der Waals surface area contributed by atoms with Gasteiger partial charge in [-0.2, -0.15) is 0 Å². The molecular formula is C15H22N2O2. The number of nitrogens with zero attached hydrogens (tertiary/aromatic N) is 1. The van der Waals surface area contributed by atoms with Crippen LogP contribution in [0.1, 0.15) is 56.1 Å². The second-order valence-corrected chi connectivity index (χ2v) is 6.34. The van der Waals surface area contributed by atoms with E-state index in [4.69, 9.17) is 5.11 Å². The molecule has 1 aliphatic carbocycles. The van der Waals surface area contributed by atoms with E-state index in [2.05, 4.69) is 10.3 Å². The summed E-state index contributed by atoms with van der Waals surface area (Å²) in [7, 11) is 0. The number of rotatable bonds is 5. The van der Waals surface area contributed by atoms with E-state index in [1.165, 1.54) is 12.8 Å². The van der Waals surface area contributed by atoms with Crippen molar-refractivity contribution >= 4 is 11.8 Å². The van der Waals surface area contributed by atoms with Crippen LogP contribution in [0.15, 0.2) is 12.1 Å². The zero-order chi connectivity index (χ0) is 14.0. The first-order valence-corrected chi connectivity index (χ1v) is 6.86. The molecule has 2 N–H and O–H groups in total. The quantitative estimate of drug-likeness (QED) is 0.854. The zero-order valence-corrected chi connectivity index (χ0v) is 11.9. The fourth-order valence-electron chi connectivity index (χ4n) is 1.94. The lowest BCUT2D eigenvalue weighted by Crippen LogP contribution is -2.17. The number of anilines is 1. The van der Waals surface area contributed by atoms with E-state index < -0.39 is 5.97 Å². The maximum absolute atomic E-state index is 11.2. The van der Waals surface area contributed by atoms with E-state index in [9.17, 15) is 4.79 Å². The molecule has 0 radical (unpaired) electrons. The summed E-state index contributed by atoms with van der Waals surface area (Å²) in [4.78, 5) is 15.7. The number of hydrogen-bond acceptors (Lipinski definition) is 3. The van der Waals surface area contributed by atoms with E-state index in [1.807, 2.05) is 20.8 Å². The third kappa shape index (κ3) is 3.94. The van der Waals surface area contributed by atoms with E-state index in [0.717, 1.165) is 24.6 Å². The van der Waals surface area contributed by atoms with Crippen LogP contribution in [0, 0.1) is 5.92 Å². The highest BCUT2D eigenvalue weighted by molar-refractivity contribution is 5.88. The highest BCUT2D eigenvalue weighted by Crippen LogP contribution is 2.32. The predicted molar refractivity (Wildman–Crippen MR) is 75.7 cm³/mol. The van der Waals surface area contributed by atoms with Gasteiger partial charge < -0.3 is 10.4 Å². The van der Waals surface area contributed by atoms with Crippen molar-refractivity contribution in [3.63, 3.8) is 0 Å². The molecule has 1 aliphatic rings. The van der Waals surface area contributed by atoms with Crippen molar-refractivity contribution < 1.29 is 9.90 Å². The van der Waals surface area contributed by atoms with Crippen LogP contribution in [-0.4, -0.2) is 22.6 Å². The minimum Gasteiger partial charge on any atom is -0.478 e. The second kappa shape index (κ2) is 5.19. The molecule has 1 saturated carbocycles. The topological polar surface area (TPSA) is 62.2 Å². The van der Waals surface area contributed by atoms with Crippen molar-refractivity contribution in [2.45, 2.75) is 45.4 Å². The highest BCUT2D eigenvalue weighted by atomic mass is 16.4. The molecule has 0 unspecified atom stereocenters. The number of aromatic carboxylic acids is 1. The van der Waals surface area contributed by atoms with Gasteiger partial charge in [0.1, 0.15) is 5.82 Å². The Morgan fingerprint density at radius 2 is 2.11 bits per heavy atom. The van der Waals surface area contributed by atoms with E-state index in [0.29, 0.717) is 11.4 Å². The molecule has 0 bridgehead atoms. The number of aromatic nitrogens is 1. The van der Waals surface area contributed by atoms with Gasteiger partial charge in [-0.3, -0.25) is 0 Å². The average Bonchev–Trinajstić information content (AvgIpc) is 3.11. The summed E-state index contributed by atoms with van der Waals surface area (Å²) in [5, 5.41) is 12.4. The second-order valence-electron chi connectivity index (χ2n) is 6.34. The molecule has 1 aromatic rings. The Bertz CT molecular complexity index is 474. The molecule has 4 nitrogen and oxygen atoms in total. The minimum atomic E-state index is -0.904. The lowest BCUT2D eigenvalue weighted by Gasteiger charge is -2.19. The van der Waals surface area contributed by atoms with Gasteiger partial charge in [0.15, 0.2) is 0 Å². The Morgan fingerprint density at radius 3 is 2.63 bits per heavy atom. The van der Waals surface area contributed by atoms with Crippen molar-refractivity contribution in [2.75, 3.05) is 11.9 Å². The summed E-state index contributed by atoms with van der Waals surface area (Å²) in [5.41, 5.74) is 0.952. The molecule has 0 aromatic carbocycles. The first-order chi connectivity index (χ1) is 8.86. The van der Waals surface area contributed by atoms with Gasteiger partial charge in [-0.25, -0.2) is 9.78 Å². The summed E-state index contributed by atoms with van der Waals surface area (Å²) in [6, 6.07) is 3.28. The summed E-state index contributed by atoms with van der Waals surface area (Å²) < 4.78 is 0. The van der Waals surface area contributed by atoms with Crippen LogP contribution in [0.5, 0.6) is 0 Å². The maximum atomic E-state index is 11.2. The first-order valence-electron chi connectivity index (χ1n) is 6.86. The maximum Gasteiger partial charge on any atom is 0.335 e. The molecule has 2 rings (SSSR count). The van der Waals surface area contributed by atoms with Crippen LogP contribution < -0.4 is 5.32 Å². The summed E-state index contributed by atoms with van der Waals surface area (Å²) in [5.74, 6) is 0.626. The van der Waals surface area contributed by atoms with E-state index in [1.54, 1.807) is 12.1 Å². The van der Waals surface area contributed by atoms with E-state index >= 15 is 0 Å². The largest absolute Gasteiger partial charge is 0.478 e. The van der Waals surface area contributed by atoms with Crippen LogP contribution in [0.2, 0.25) is 0 Å². The minimum absolute atomic E-state index is 0.154. The average molecular weight is 262 g/mol. The summed E-state index contributed by atoms with van der Waals surface area (Å²) >= 11 is 0. The number of carboxylic acids is 1. The van der Waals surface area contributed by atoms with Crippen LogP contribution >= 0.6 is 0 Å². The Labute approximate surface area is 114 Å². The molecular weight excluding hydrogens is 240 g/mol. The Kier molecular flexibility index (Phi) is 3.78. The molecule has 0 aliphatic heterocycles. The fraction of sp³-hybridized carbons (Fsp3) is 0.600. The van der Waals surface area contributed by atoms with Crippen molar-refractivity contribution in [1.29, 1.82) is 0 Å². The monoisotopic (exact) mass is 262 g/mol. The molecule has 19 heavy (non-hydrogen) atoms. The molecule has 104 valence electrons. The predicted octanol–water partition coefficient (Wildman–Crippen LogP) is 3.29. The number of carbonyl (C=O) groups is 1. The van der Waals surface area contributed by atoms with Gasteiger partial charge in [-0.05, 0) is 24.5 Å². The van der Waals surface area contributed by atoms with Gasteiger partial charge in [0.2, 0.25) is 0 Å². The zero-order valence-electron chi connectivity index (χ0n) is 11.9. The van der Waals surface area contributed by atoms with Gasteiger partial charge in [0, 0.05) is 17.7 Å². The third-order valence-corrected chi connectivity index (χ3v) is 3.40. The Balaban J connectivity index is 2.15. The first kappa shape index (κ1) is 13.8. The van der Waals surface area contributed by atoms with Gasteiger partial charge >= 0.3 is 5.97 Å². The molecule has 0 amide bonds. The lowest BCUT2D eigenvalue weighted by atomic mass is 9.91. The number of carboxylic acid groups (broad SMARTS) is 1. The standard InChI is InChI=1S/C15H22N2O2/c1-15(2,3)12-8-11(14(18)19)9-13(17-12)16-7-6-10-4-5-10/h8-10H,4-7H2,1-3H3,(H,16,17)(H,18,19). The number of hydrogen-bond donors (Lipinski definition) is 2. The lowest BCUT2D eigenvalue weighted by molar-refractivity contribution is 0.0696. The van der Waals surface area contributed by atoms with Gasteiger partial charge in [-0.1, -0.05) is 33.6 Å². The molecule has 0 atom stereocenters. The Morgan fingerprint density at radius 1 is 1.42 bits per heavy atom. The van der Waals surface area contributed by atoms with Gasteiger partial charge in [-0.15, -0.1) is 0 Å². The molecule has 0 spiro atoms. The normalized spacial score (nSPS) is 15.3. The molecule has 4 heteroatoms. The van der Waals surface area contributed by atoms with Crippen molar-refractivity contribution in [3.8, 4) is 0 Å². The van der Waals surface area contributed by atoms with Crippen molar-refractivity contribution in [1.82, 2.24) is 4.98 Å². The SMILES string of the molecule is CC(C)(C)c1cc(C(=O)O)cc(NCCC2CC2)n1. The molecule has 1 fully saturated rings. The molecule has 1 heterocycles. The smallest absolute Gasteiger partial charge is 0.335 e. The molecule has 1 aromatic heterocycles. The third-order valence-electron chi connectivity index (χ3n) is 3.40. The summed E-state index contributed by atoms with van der Waals surface area (Å²) in [6.07, 6.45) is 3.80. The number of pyridine rings is 1. The van der Waals surface area contributed by atoms with Crippen LogP contribution in [0.4, 0.5) is 5.82 Å². The van der Waals surface area contributed by atoms with Crippen molar-refractivity contribution in [3.05, 3.63) is 23.4 Å². The van der Waals surface area contributed by atoms with Crippen molar-refractivity contribution in [2.24, 2.45) is 5.92 Å². The highest BCUT2D eigenvalue weighted by Gasteiger charge is 2.21. The number of nitrogens with one attached hydrogen (secondary N) is 1. The van der Waals surface area contributed by atoms with Gasteiger partial charge in [0.05, 0.1) is 5.56 Å². The summed E-state index contributed by atoms with van der Waals surface area (Å²) in [6.45, 7) is 6.98. The Hall–Kier alpha value is -1.58. The van der Waals surface area contributed by atoms with Crippen LogP contribution in [0.25, 0.3) is 0 Å².